The number of rotatable bonds is 3. The Hall–Kier alpha value is -1.28. The highest BCUT2D eigenvalue weighted by molar-refractivity contribution is 6.34. The summed E-state index contributed by atoms with van der Waals surface area (Å²) in [5.41, 5.74) is -1.57. The molecule has 1 unspecified atom stereocenters. The first kappa shape index (κ1) is 15.1. The predicted molar refractivity (Wildman–Crippen MR) is 64.5 cm³/mol. The zero-order valence-corrected chi connectivity index (χ0v) is 11.4. The van der Waals surface area contributed by atoms with Crippen molar-refractivity contribution in [3.63, 3.8) is 0 Å². The minimum Gasteiger partial charge on any atom is -0.376 e. The number of carbonyl (C=O) groups is 1. The van der Waals surface area contributed by atoms with Gasteiger partial charge in [0.05, 0.1) is 6.10 Å². The largest absolute Gasteiger partial charge is 0.436 e. The molecular formula is C11H13ClF3N3O2. The maximum Gasteiger partial charge on any atom is 0.436 e. The van der Waals surface area contributed by atoms with Gasteiger partial charge < -0.3 is 10.1 Å². The first-order chi connectivity index (χ1) is 9.30. The number of aromatic nitrogens is 2. The Morgan fingerprint density at radius 3 is 2.80 bits per heavy atom. The zero-order chi connectivity index (χ0) is 14.9. The summed E-state index contributed by atoms with van der Waals surface area (Å²) in [6, 6.07) is 0. The number of alkyl halides is 3. The van der Waals surface area contributed by atoms with Gasteiger partial charge in [-0.3, -0.25) is 9.48 Å². The molecule has 1 saturated heterocycles. The summed E-state index contributed by atoms with van der Waals surface area (Å²) in [6.45, 7) is 0.868. The monoisotopic (exact) mass is 311 g/mol. The van der Waals surface area contributed by atoms with Gasteiger partial charge in [-0.2, -0.15) is 18.3 Å². The molecular weight excluding hydrogens is 299 g/mol. The van der Waals surface area contributed by atoms with Crippen molar-refractivity contribution in [3.05, 3.63) is 16.4 Å². The van der Waals surface area contributed by atoms with Gasteiger partial charge in [0.1, 0.15) is 10.7 Å². The molecule has 1 aromatic rings. The molecule has 1 amide bonds. The lowest BCUT2D eigenvalue weighted by atomic mass is 10.2. The molecule has 0 saturated carbocycles. The number of nitrogens with one attached hydrogen (secondary N) is 1. The van der Waals surface area contributed by atoms with Crippen molar-refractivity contribution in [2.24, 2.45) is 7.05 Å². The average molecular weight is 312 g/mol. The summed E-state index contributed by atoms with van der Waals surface area (Å²) in [6.07, 6.45) is -3.08. The number of carbonyl (C=O) groups excluding carboxylic acids is 1. The molecule has 0 bridgehead atoms. The van der Waals surface area contributed by atoms with Crippen molar-refractivity contribution in [1.82, 2.24) is 15.1 Å². The van der Waals surface area contributed by atoms with Crippen LogP contribution in [0.25, 0.3) is 0 Å². The highest BCUT2D eigenvalue weighted by atomic mass is 35.5. The molecule has 1 aliphatic heterocycles. The second-order valence-corrected chi connectivity index (χ2v) is 4.86. The third kappa shape index (κ3) is 3.06. The fourth-order valence-electron chi connectivity index (χ4n) is 2.02. The highest BCUT2D eigenvalue weighted by Gasteiger charge is 2.39. The quantitative estimate of drug-likeness (QED) is 0.929. The number of amides is 1. The first-order valence-corrected chi connectivity index (χ1v) is 6.38. The number of ether oxygens (including phenoxy) is 1. The van der Waals surface area contributed by atoms with Crippen molar-refractivity contribution in [3.8, 4) is 0 Å². The van der Waals surface area contributed by atoms with Crippen LogP contribution in [0.5, 0.6) is 0 Å². The minimum absolute atomic E-state index is 0.104. The van der Waals surface area contributed by atoms with E-state index in [4.69, 9.17) is 16.3 Å². The van der Waals surface area contributed by atoms with Crippen LogP contribution in [-0.2, 0) is 18.0 Å². The van der Waals surface area contributed by atoms with Crippen LogP contribution in [0.4, 0.5) is 13.2 Å². The van der Waals surface area contributed by atoms with E-state index in [1.807, 2.05) is 0 Å². The molecule has 9 heteroatoms. The second kappa shape index (κ2) is 5.61. The van der Waals surface area contributed by atoms with E-state index in [0.29, 0.717) is 6.61 Å². The molecule has 1 N–H and O–H groups in total. The maximum absolute atomic E-state index is 12.6. The van der Waals surface area contributed by atoms with E-state index in [-0.39, 0.29) is 18.3 Å². The molecule has 5 nitrogen and oxygen atoms in total. The number of hydrogen-bond donors (Lipinski definition) is 1. The van der Waals surface area contributed by atoms with Crippen molar-refractivity contribution in [1.29, 1.82) is 0 Å². The SMILES string of the molecule is Cn1nc(C(F)(F)F)c(Cl)c1C(=O)NCC1CCCO1. The molecule has 0 aliphatic carbocycles. The van der Waals surface area contributed by atoms with Crippen molar-refractivity contribution >= 4 is 17.5 Å². The maximum atomic E-state index is 12.6. The van der Waals surface area contributed by atoms with Gasteiger partial charge in [-0.1, -0.05) is 11.6 Å². The Morgan fingerprint density at radius 2 is 2.30 bits per heavy atom. The molecule has 20 heavy (non-hydrogen) atoms. The van der Waals surface area contributed by atoms with Gasteiger partial charge >= 0.3 is 6.18 Å². The molecule has 0 spiro atoms. The van der Waals surface area contributed by atoms with Crippen molar-refractivity contribution in [2.45, 2.75) is 25.1 Å². The molecule has 0 aromatic carbocycles. The van der Waals surface area contributed by atoms with E-state index in [1.54, 1.807) is 0 Å². The zero-order valence-electron chi connectivity index (χ0n) is 10.6. The highest BCUT2D eigenvalue weighted by Crippen LogP contribution is 2.35. The Morgan fingerprint density at radius 1 is 1.60 bits per heavy atom. The van der Waals surface area contributed by atoms with Crippen LogP contribution in [0.1, 0.15) is 29.0 Å². The predicted octanol–water partition coefficient (Wildman–Crippen LogP) is 2.00. The molecule has 2 rings (SSSR count). The normalized spacial score (nSPS) is 19.4. The topological polar surface area (TPSA) is 56.2 Å². The summed E-state index contributed by atoms with van der Waals surface area (Å²) >= 11 is 5.61. The molecule has 0 radical (unpaired) electrons. The molecule has 1 atom stereocenters. The number of aryl methyl sites for hydroxylation is 1. The Labute approximate surface area is 118 Å². The third-order valence-electron chi connectivity index (χ3n) is 2.99. The Bertz CT molecular complexity index is 510. The fourth-order valence-corrected chi connectivity index (χ4v) is 2.37. The minimum atomic E-state index is -4.69. The smallest absolute Gasteiger partial charge is 0.376 e. The molecule has 1 aliphatic rings. The number of nitrogens with zero attached hydrogens (tertiary/aromatic N) is 2. The fraction of sp³-hybridized carbons (Fsp3) is 0.636. The molecule has 112 valence electrons. The Balaban J connectivity index is 2.11. The van der Waals surface area contributed by atoms with Gasteiger partial charge in [-0.25, -0.2) is 0 Å². The second-order valence-electron chi connectivity index (χ2n) is 4.48. The van der Waals surface area contributed by atoms with Crippen LogP contribution in [0.15, 0.2) is 0 Å². The van der Waals surface area contributed by atoms with Gasteiger partial charge in [-0.15, -0.1) is 0 Å². The molecule has 1 fully saturated rings. The first-order valence-electron chi connectivity index (χ1n) is 6.00. The number of halogens is 4. The average Bonchev–Trinajstić information content (AvgIpc) is 2.94. The van der Waals surface area contributed by atoms with Crippen molar-refractivity contribution < 1.29 is 22.7 Å². The van der Waals surface area contributed by atoms with E-state index < -0.39 is 22.8 Å². The lowest BCUT2D eigenvalue weighted by Gasteiger charge is -2.10. The number of hydrogen-bond acceptors (Lipinski definition) is 3. The van der Waals surface area contributed by atoms with Crippen LogP contribution in [0, 0.1) is 0 Å². The van der Waals surface area contributed by atoms with E-state index >= 15 is 0 Å². The van der Waals surface area contributed by atoms with Gasteiger partial charge in [0.25, 0.3) is 5.91 Å². The van der Waals surface area contributed by atoms with Crippen LogP contribution in [-0.4, -0.2) is 34.9 Å². The van der Waals surface area contributed by atoms with Crippen LogP contribution in [0.2, 0.25) is 5.02 Å². The van der Waals surface area contributed by atoms with E-state index in [1.165, 1.54) is 7.05 Å². The van der Waals surface area contributed by atoms with Crippen LogP contribution < -0.4 is 5.32 Å². The van der Waals surface area contributed by atoms with Gasteiger partial charge in [0, 0.05) is 20.2 Å². The van der Waals surface area contributed by atoms with Crippen LogP contribution in [0.3, 0.4) is 0 Å². The third-order valence-corrected chi connectivity index (χ3v) is 3.35. The lowest BCUT2D eigenvalue weighted by molar-refractivity contribution is -0.141. The summed E-state index contributed by atoms with van der Waals surface area (Å²) < 4.78 is 44.0. The summed E-state index contributed by atoms with van der Waals surface area (Å²) in [7, 11) is 1.24. The van der Waals surface area contributed by atoms with E-state index in [9.17, 15) is 18.0 Å². The van der Waals surface area contributed by atoms with Gasteiger partial charge in [-0.05, 0) is 12.8 Å². The molecule has 2 heterocycles. The standard InChI is InChI=1S/C11H13ClF3N3O2/c1-18-8(7(12)9(17-18)11(13,14)15)10(19)16-5-6-3-2-4-20-6/h6H,2-5H2,1H3,(H,16,19). The van der Waals surface area contributed by atoms with Gasteiger partial charge in [0.2, 0.25) is 0 Å². The van der Waals surface area contributed by atoms with E-state index in [0.717, 1.165) is 17.5 Å². The van der Waals surface area contributed by atoms with Gasteiger partial charge in [0.15, 0.2) is 5.69 Å². The molecule has 1 aromatic heterocycles. The summed E-state index contributed by atoms with van der Waals surface area (Å²) in [5, 5.41) is 5.07. The van der Waals surface area contributed by atoms with E-state index in [2.05, 4.69) is 10.4 Å². The Kier molecular flexibility index (Phi) is 4.24. The van der Waals surface area contributed by atoms with Crippen LogP contribution >= 0.6 is 11.6 Å². The van der Waals surface area contributed by atoms with Crippen molar-refractivity contribution in [2.75, 3.05) is 13.2 Å². The summed E-state index contributed by atoms with van der Waals surface area (Å²) in [4.78, 5) is 11.9. The summed E-state index contributed by atoms with van der Waals surface area (Å²) in [5.74, 6) is -0.698. The lowest BCUT2D eigenvalue weighted by Crippen LogP contribution is -2.33.